The van der Waals surface area contributed by atoms with E-state index in [0.29, 0.717) is 17.4 Å². The Balaban J connectivity index is 2.10. The second-order valence-electron chi connectivity index (χ2n) is 9.87. The van der Waals surface area contributed by atoms with Crippen molar-refractivity contribution in [2.75, 3.05) is 0 Å². The van der Waals surface area contributed by atoms with Gasteiger partial charge in [0.05, 0.1) is 12.6 Å². The van der Waals surface area contributed by atoms with E-state index in [1.165, 1.54) is 39.3 Å². The molecule has 0 fully saturated rings. The van der Waals surface area contributed by atoms with Crippen molar-refractivity contribution >= 4 is 17.2 Å². The van der Waals surface area contributed by atoms with Crippen LogP contribution in [0.2, 0.25) is 0 Å². The summed E-state index contributed by atoms with van der Waals surface area (Å²) in [6.45, 7) is 17.1. The van der Waals surface area contributed by atoms with Gasteiger partial charge in [0.1, 0.15) is 11.4 Å². The molecule has 1 heterocycles. The van der Waals surface area contributed by atoms with Gasteiger partial charge >= 0.3 is 0 Å². The Morgan fingerprint density at radius 1 is 0.970 bits per heavy atom. The minimum absolute atomic E-state index is 0.0111. The lowest BCUT2D eigenvalue weighted by atomic mass is 9.87. The van der Waals surface area contributed by atoms with Crippen LogP contribution in [0, 0.1) is 0 Å². The van der Waals surface area contributed by atoms with Gasteiger partial charge in [-0.25, -0.2) is 4.57 Å². The van der Waals surface area contributed by atoms with Gasteiger partial charge in [0, 0.05) is 17.5 Å². The molecule has 172 valence electrons. The van der Waals surface area contributed by atoms with Gasteiger partial charge in [-0.15, -0.1) is 0 Å². The predicted octanol–water partition coefficient (Wildman–Crippen LogP) is 7.33. The highest BCUT2D eigenvalue weighted by Gasteiger charge is 2.35. The van der Waals surface area contributed by atoms with Gasteiger partial charge in [-0.1, -0.05) is 65.2 Å². The van der Waals surface area contributed by atoms with E-state index >= 15 is 0 Å². The van der Waals surface area contributed by atoms with Crippen LogP contribution >= 0.6 is 0 Å². The monoisotopic (exact) mass is 441 g/mol. The molecule has 2 aliphatic rings. The van der Waals surface area contributed by atoms with E-state index in [2.05, 4.69) is 99.5 Å². The SMILES string of the molecule is C=C(O)C(=C)c1n(C)c2c([n+]1-c1c(C(C)C)cc(C3=CCCC=C3)cc1C(C)C)C=CCC2. The van der Waals surface area contributed by atoms with E-state index in [1.807, 2.05) is 0 Å². The van der Waals surface area contributed by atoms with Crippen LogP contribution in [0.25, 0.3) is 22.9 Å². The van der Waals surface area contributed by atoms with Crippen LogP contribution in [0.5, 0.6) is 0 Å². The van der Waals surface area contributed by atoms with Gasteiger partial charge in [-0.2, -0.15) is 4.57 Å². The number of aliphatic hydroxyl groups is 1. The number of imidazole rings is 1. The maximum absolute atomic E-state index is 10.3. The average molecular weight is 442 g/mol. The number of allylic oxidation sites excluding steroid dienone is 6. The summed E-state index contributed by atoms with van der Waals surface area (Å²) in [4.78, 5) is 0. The van der Waals surface area contributed by atoms with Gasteiger partial charge in [0.25, 0.3) is 5.82 Å². The number of aromatic nitrogens is 2. The summed E-state index contributed by atoms with van der Waals surface area (Å²) in [5.74, 6) is 1.57. The maximum Gasteiger partial charge on any atom is 0.297 e. The lowest BCUT2D eigenvalue weighted by Crippen LogP contribution is -2.40. The van der Waals surface area contributed by atoms with Crippen molar-refractivity contribution in [3.8, 4) is 5.69 Å². The van der Waals surface area contributed by atoms with Gasteiger partial charge in [-0.05, 0) is 60.4 Å². The molecule has 0 spiro atoms. The Hall–Kier alpha value is -3.07. The molecule has 0 atom stereocenters. The van der Waals surface area contributed by atoms with Crippen LogP contribution in [0.3, 0.4) is 0 Å². The number of aliphatic hydroxyl groups excluding tert-OH is 1. The molecular weight excluding hydrogens is 404 g/mol. The normalized spacial score (nSPS) is 15.2. The largest absolute Gasteiger partial charge is 0.508 e. The van der Waals surface area contributed by atoms with Crippen LogP contribution in [-0.2, 0) is 13.5 Å². The summed E-state index contributed by atoms with van der Waals surface area (Å²) in [6, 6.07) is 4.74. The minimum Gasteiger partial charge on any atom is -0.508 e. The Morgan fingerprint density at radius 3 is 2.15 bits per heavy atom. The summed E-state index contributed by atoms with van der Waals surface area (Å²) in [5.41, 5.74) is 9.43. The third-order valence-corrected chi connectivity index (χ3v) is 6.88. The molecule has 0 bridgehead atoms. The number of nitrogens with zero attached hydrogens (tertiary/aromatic N) is 2. The standard InChI is InChI=1S/C30H36N2O/c1-19(2)25-17-24(23-13-9-8-10-14-23)18-26(20(3)4)29(25)32-28-16-12-11-15-27(28)31(7)30(32)21(5)22(6)33/h9,12-14,16-20H,5-6,8,10-11,15H2,1-4,7H3/p+1. The smallest absolute Gasteiger partial charge is 0.297 e. The third kappa shape index (κ3) is 4.06. The third-order valence-electron chi connectivity index (χ3n) is 6.88. The van der Waals surface area contributed by atoms with Crippen LogP contribution in [0.15, 0.2) is 55.4 Å². The molecular formula is C30H37N2O+. The molecule has 0 amide bonds. The minimum atomic E-state index is 0.0111. The van der Waals surface area contributed by atoms with Crippen molar-refractivity contribution in [3.63, 3.8) is 0 Å². The second kappa shape index (κ2) is 9.05. The van der Waals surface area contributed by atoms with Crippen molar-refractivity contribution in [2.45, 2.75) is 65.2 Å². The summed E-state index contributed by atoms with van der Waals surface area (Å²) in [6.07, 6.45) is 15.6. The predicted molar refractivity (Wildman–Crippen MR) is 140 cm³/mol. The number of rotatable bonds is 6. The van der Waals surface area contributed by atoms with Crippen molar-refractivity contribution in [3.05, 3.63) is 89.3 Å². The molecule has 33 heavy (non-hydrogen) atoms. The molecule has 4 rings (SSSR count). The maximum atomic E-state index is 10.3. The molecule has 3 nitrogen and oxygen atoms in total. The molecule has 2 aromatic rings. The first kappa shape index (κ1) is 23.1. The van der Waals surface area contributed by atoms with E-state index in [9.17, 15) is 5.11 Å². The topological polar surface area (TPSA) is 29.0 Å². The Labute approximate surface area is 198 Å². The summed E-state index contributed by atoms with van der Waals surface area (Å²) in [7, 11) is 2.08. The van der Waals surface area contributed by atoms with E-state index in [0.717, 1.165) is 31.5 Å². The van der Waals surface area contributed by atoms with Crippen LogP contribution in [0.4, 0.5) is 0 Å². The highest BCUT2D eigenvalue weighted by molar-refractivity contribution is 5.77. The first-order valence-corrected chi connectivity index (χ1v) is 12.1. The van der Waals surface area contributed by atoms with Gasteiger partial charge in [0.2, 0.25) is 0 Å². The number of hydrogen-bond acceptors (Lipinski definition) is 1. The first-order valence-electron chi connectivity index (χ1n) is 12.1. The zero-order chi connectivity index (χ0) is 23.9. The molecule has 1 aromatic heterocycles. The lowest BCUT2D eigenvalue weighted by Gasteiger charge is -2.22. The second-order valence-corrected chi connectivity index (χ2v) is 9.87. The highest BCUT2D eigenvalue weighted by Crippen LogP contribution is 2.36. The number of benzene rings is 1. The summed E-state index contributed by atoms with van der Waals surface area (Å²) < 4.78 is 4.52. The number of hydrogen-bond donors (Lipinski definition) is 1. The molecule has 1 N–H and O–H groups in total. The molecule has 1 aromatic carbocycles. The first-order chi connectivity index (χ1) is 15.7. The van der Waals surface area contributed by atoms with Crippen LogP contribution < -0.4 is 4.57 Å². The zero-order valence-corrected chi connectivity index (χ0v) is 20.8. The molecule has 0 unspecified atom stereocenters. The Morgan fingerprint density at radius 2 is 1.61 bits per heavy atom. The molecule has 2 aliphatic carbocycles. The molecule has 0 aliphatic heterocycles. The summed E-state index contributed by atoms with van der Waals surface area (Å²) >= 11 is 0. The van der Waals surface area contributed by atoms with Crippen molar-refractivity contribution in [1.29, 1.82) is 0 Å². The zero-order valence-electron chi connectivity index (χ0n) is 20.8. The van der Waals surface area contributed by atoms with E-state index in [1.54, 1.807) is 0 Å². The van der Waals surface area contributed by atoms with Crippen molar-refractivity contribution < 1.29 is 9.67 Å². The summed E-state index contributed by atoms with van der Waals surface area (Å²) in [5, 5.41) is 10.3. The van der Waals surface area contributed by atoms with Crippen molar-refractivity contribution in [1.82, 2.24) is 4.57 Å². The van der Waals surface area contributed by atoms with Crippen LogP contribution in [0.1, 0.15) is 92.7 Å². The molecule has 0 saturated heterocycles. The fraction of sp³-hybridized carbons (Fsp3) is 0.367. The number of fused-ring (bicyclic) bond motifs is 1. The molecule has 0 saturated carbocycles. The van der Waals surface area contributed by atoms with Gasteiger partial charge in [-0.3, -0.25) is 0 Å². The average Bonchev–Trinajstić information content (AvgIpc) is 3.10. The highest BCUT2D eigenvalue weighted by atomic mass is 16.3. The van der Waals surface area contributed by atoms with E-state index < -0.39 is 0 Å². The fourth-order valence-electron chi connectivity index (χ4n) is 5.08. The van der Waals surface area contributed by atoms with Gasteiger partial charge in [0.15, 0.2) is 11.4 Å². The van der Waals surface area contributed by atoms with Crippen LogP contribution in [-0.4, -0.2) is 9.67 Å². The fourth-order valence-corrected chi connectivity index (χ4v) is 5.08. The van der Waals surface area contributed by atoms with E-state index in [-0.39, 0.29) is 5.76 Å². The quantitative estimate of drug-likeness (QED) is 0.284. The van der Waals surface area contributed by atoms with Gasteiger partial charge < -0.3 is 5.11 Å². The molecule has 3 heteroatoms. The van der Waals surface area contributed by atoms with E-state index in [4.69, 9.17) is 0 Å². The Kier molecular flexibility index (Phi) is 6.34. The lowest BCUT2D eigenvalue weighted by molar-refractivity contribution is -0.601. The Bertz CT molecular complexity index is 1190. The molecule has 0 radical (unpaired) electrons. The van der Waals surface area contributed by atoms with Crippen molar-refractivity contribution in [2.24, 2.45) is 7.05 Å².